The maximum absolute atomic E-state index is 12.0. The van der Waals surface area contributed by atoms with Gasteiger partial charge < -0.3 is 14.9 Å². The second-order valence-electron chi connectivity index (χ2n) is 2.73. The summed E-state index contributed by atoms with van der Waals surface area (Å²) in [5.74, 6) is -1.79. The van der Waals surface area contributed by atoms with Crippen LogP contribution in [0.1, 0.15) is 10.4 Å². The highest BCUT2D eigenvalue weighted by molar-refractivity contribution is 5.92. The number of carbonyl (C=O) groups excluding carboxylic acids is 1. The molecule has 0 unspecified atom stereocenters. The highest BCUT2D eigenvalue weighted by atomic mass is 19.3. The van der Waals surface area contributed by atoms with Crippen molar-refractivity contribution in [1.82, 2.24) is 9.78 Å². The number of ether oxygens (including phenoxy) is 1. The van der Waals surface area contributed by atoms with E-state index >= 15 is 0 Å². The van der Waals surface area contributed by atoms with Gasteiger partial charge in [-0.2, -0.15) is 4.68 Å². The largest absolute Gasteiger partial charge is 0.465 e. The van der Waals surface area contributed by atoms with Crippen molar-refractivity contribution < 1.29 is 23.2 Å². The van der Waals surface area contributed by atoms with Crippen LogP contribution in [0.25, 0.3) is 0 Å². The topological polar surface area (TPSA) is 87.3 Å². The van der Waals surface area contributed by atoms with Crippen LogP contribution in [0.5, 0.6) is 0 Å². The first-order chi connectivity index (χ1) is 7.45. The SMILES string of the molecule is COC(=O)c1cn(CC(F)F)nc1[N+](=O)[O-]. The maximum Gasteiger partial charge on any atom is 0.404 e. The van der Waals surface area contributed by atoms with E-state index < -0.39 is 35.2 Å². The summed E-state index contributed by atoms with van der Waals surface area (Å²) in [6.45, 7) is -0.822. The Morgan fingerprint density at radius 3 is 2.81 bits per heavy atom. The minimum Gasteiger partial charge on any atom is -0.465 e. The molecule has 0 radical (unpaired) electrons. The van der Waals surface area contributed by atoms with Crippen molar-refractivity contribution >= 4 is 11.8 Å². The number of alkyl halides is 2. The number of hydrogen-bond donors (Lipinski definition) is 0. The number of esters is 1. The molecule has 1 rings (SSSR count). The molecule has 0 saturated heterocycles. The first kappa shape index (κ1) is 12.0. The van der Waals surface area contributed by atoms with Crippen molar-refractivity contribution in [1.29, 1.82) is 0 Å². The van der Waals surface area contributed by atoms with Crippen LogP contribution in [-0.2, 0) is 11.3 Å². The standard InChI is InChI=1S/C7H7F2N3O4/c1-16-7(13)4-2-11(3-5(8)9)10-6(4)12(14)15/h2,5H,3H2,1H3. The predicted octanol–water partition coefficient (Wildman–Crippen LogP) is 0.843. The maximum atomic E-state index is 12.0. The fourth-order valence-corrected chi connectivity index (χ4v) is 1.03. The van der Waals surface area contributed by atoms with E-state index in [1.54, 1.807) is 0 Å². The number of nitro groups is 1. The van der Waals surface area contributed by atoms with Crippen molar-refractivity contribution in [3.05, 3.63) is 21.9 Å². The van der Waals surface area contributed by atoms with Crippen LogP contribution in [0.15, 0.2) is 6.20 Å². The Labute approximate surface area is 87.8 Å². The van der Waals surface area contributed by atoms with E-state index in [-0.39, 0.29) is 0 Å². The summed E-state index contributed by atoms with van der Waals surface area (Å²) >= 11 is 0. The minimum atomic E-state index is -2.72. The van der Waals surface area contributed by atoms with Crippen LogP contribution >= 0.6 is 0 Å². The molecule has 0 aromatic carbocycles. The Kier molecular flexibility index (Phi) is 3.48. The molecule has 0 fully saturated rings. The van der Waals surface area contributed by atoms with E-state index in [4.69, 9.17) is 0 Å². The van der Waals surface area contributed by atoms with Crippen LogP contribution < -0.4 is 0 Å². The molecule has 16 heavy (non-hydrogen) atoms. The van der Waals surface area contributed by atoms with Crippen molar-refractivity contribution in [2.75, 3.05) is 7.11 Å². The smallest absolute Gasteiger partial charge is 0.404 e. The normalized spacial score (nSPS) is 10.5. The lowest BCUT2D eigenvalue weighted by Crippen LogP contribution is -2.07. The number of nitrogens with zero attached hydrogens (tertiary/aromatic N) is 3. The van der Waals surface area contributed by atoms with Gasteiger partial charge in [-0.25, -0.2) is 13.6 Å². The summed E-state index contributed by atoms with van der Waals surface area (Å²) in [4.78, 5) is 20.6. The third-order valence-corrected chi connectivity index (χ3v) is 1.65. The van der Waals surface area contributed by atoms with E-state index in [9.17, 15) is 23.7 Å². The van der Waals surface area contributed by atoms with E-state index in [0.717, 1.165) is 13.3 Å². The summed E-state index contributed by atoms with van der Waals surface area (Å²) in [7, 11) is 1.02. The van der Waals surface area contributed by atoms with Crippen LogP contribution in [0, 0.1) is 10.1 Å². The number of halogens is 2. The molecule has 0 saturated carbocycles. The summed E-state index contributed by atoms with van der Waals surface area (Å²) in [5.41, 5.74) is -0.451. The molecule has 0 amide bonds. The molecule has 0 spiro atoms. The van der Waals surface area contributed by atoms with E-state index in [1.807, 2.05) is 0 Å². The van der Waals surface area contributed by atoms with Crippen LogP contribution in [-0.4, -0.2) is 34.2 Å². The van der Waals surface area contributed by atoms with Crippen LogP contribution in [0.2, 0.25) is 0 Å². The predicted molar refractivity (Wildman–Crippen MR) is 46.2 cm³/mol. The molecule has 0 bridgehead atoms. The molecule has 0 N–H and O–H groups in total. The lowest BCUT2D eigenvalue weighted by atomic mass is 10.3. The van der Waals surface area contributed by atoms with E-state index in [1.165, 1.54) is 0 Å². The lowest BCUT2D eigenvalue weighted by molar-refractivity contribution is -0.390. The van der Waals surface area contributed by atoms with Gasteiger partial charge in [0.15, 0.2) is 5.56 Å². The van der Waals surface area contributed by atoms with Gasteiger partial charge in [-0.3, -0.25) is 0 Å². The van der Waals surface area contributed by atoms with Gasteiger partial charge >= 0.3 is 11.8 Å². The Bertz CT molecular complexity index is 418. The summed E-state index contributed by atoms with van der Waals surface area (Å²) in [5, 5.41) is 13.7. The van der Waals surface area contributed by atoms with Gasteiger partial charge in [-0.1, -0.05) is 0 Å². The first-order valence-corrected chi connectivity index (χ1v) is 4.04. The minimum absolute atomic E-state index is 0.451. The molecule has 1 aromatic rings. The third-order valence-electron chi connectivity index (χ3n) is 1.65. The molecule has 1 aromatic heterocycles. The summed E-state index contributed by atoms with van der Waals surface area (Å²) in [6.07, 6.45) is -1.86. The lowest BCUT2D eigenvalue weighted by Gasteiger charge is -1.93. The average molecular weight is 235 g/mol. The molecule has 0 aliphatic rings. The Balaban J connectivity index is 3.10. The van der Waals surface area contributed by atoms with Gasteiger partial charge in [0.1, 0.15) is 6.54 Å². The van der Waals surface area contributed by atoms with Gasteiger partial charge in [-0.05, 0) is 4.92 Å². The van der Waals surface area contributed by atoms with Gasteiger partial charge in [0.2, 0.25) is 0 Å². The fraction of sp³-hybridized carbons (Fsp3) is 0.429. The number of rotatable bonds is 4. The summed E-state index contributed by atoms with van der Waals surface area (Å²) in [6, 6.07) is 0. The van der Waals surface area contributed by atoms with Crippen LogP contribution in [0.3, 0.4) is 0 Å². The molecule has 7 nitrogen and oxygen atoms in total. The average Bonchev–Trinajstić information content (AvgIpc) is 2.59. The quantitative estimate of drug-likeness (QED) is 0.438. The van der Waals surface area contributed by atoms with Gasteiger partial charge in [0, 0.05) is 0 Å². The zero-order valence-corrected chi connectivity index (χ0v) is 8.09. The fourth-order valence-electron chi connectivity index (χ4n) is 1.03. The van der Waals surface area contributed by atoms with Gasteiger partial charge in [-0.15, -0.1) is 0 Å². The number of methoxy groups -OCH3 is 1. The summed E-state index contributed by atoms with van der Waals surface area (Å²) < 4.78 is 28.9. The first-order valence-electron chi connectivity index (χ1n) is 4.04. The van der Waals surface area contributed by atoms with Crippen molar-refractivity contribution in [3.63, 3.8) is 0 Å². The van der Waals surface area contributed by atoms with Crippen molar-refractivity contribution in [3.8, 4) is 0 Å². The molecule has 0 aliphatic carbocycles. The molecule has 88 valence electrons. The second-order valence-corrected chi connectivity index (χ2v) is 2.73. The number of aromatic nitrogens is 2. The highest BCUT2D eigenvalue weighted by Gasteiger charge is 2.27. The monoisotopic (exact) mass is 235 g/mol. The molecule has 0 atom stereocenters. The zero-order chi connectivity index (χ0) is 12.3. The molecule has 0 aliphatic heterocycles. The van der Waals surface area contributed by atoms with E-state index in [2.05, 4.69) is 9.84 Å². The molecular formula is C7H7F2N3O4. The van der Waals surface area contributed by atoms with Crippen molar-refractivity contribution in [2.24, 2.45) is 0 Å². The number of carbonyl (C=O) groups is 1. The van der Waals surface area contributed by atoms with Gasteiger partial charge in [0.05, 0.1) is 18.4 Å². The molecule has 9 heteroatoms. The third kappa shape index (κ3) is 2.49. The van der Waals surface area contributed by atoms with E-state index in [0.29, 0.717) is 4.68 Å². The van der Waals surface area contributed by atoms with Crippen molar-refractivity contribution in [2.45, 2.75) is 13.0 Å². The Morgan fingerprint density at radius 1 is 1.75 bits per heavy atom. The highest BCUT2D eigenvalue weighted by Crippen LogP contribution is 2.17. The van der Waals surface area contributed by atoms with Crippen LogP contribution in [0.4, 0.5) is 14.6 Å². The number of hydrogen-bond acceptors (Lipinski definition) is 5. The molecular weight excluding hydrogens is 228 g/mol. The Hall–Kier alpha value is -2.06. The van der Waals surface area contributed by atoms with Gasteiger partial charge in [0.25, 0.3) is 6.43 Å². The zero-order valence-electron chi connectivity index (χ0n) is 8.09. The second kappa shape index (κ2) is 4.64. The molecule has 1 heterocycles. The Morgan fingerprint density at radius 2 is 2.38 bits per heavy atom.